The van der Waals surface area contributed by atoms with Crippen LogP contribution in [0.2, 0.25) is 0 Å². The van der Waals surface area contributed by atoms with Gasteiger partial charge in [0.05, 0.1) is 32.8 Å². The van der Waals surface area contributed by atoms with Gasteiger partial charge >= 0.3 is 0 Å². The van der Waals surface area contributed by atoms with Crippen molar-refractivity contribution in [3.05, 3.63) is 95.1 Å². The molecular weight excluding hydrogens is 546 g/mol. The molecule has 2 amide bonds. The minimum atomic E-state index is -0.772. The van der Waals surface area contributed by atoms with Gasteiger partial charge in [-0.2, -0.15) is 0 Å². The van der Waals surface area contributed by atoms with E-state index >= 15 is 0 Å². The van der Waals surface area contributed by atoms with Gasteiger partial charge < -0.3 is 4.74 Å². The number of anilines is 1. The highest BCUT2D eigenvalue weighted by molar-refractivity contribution is 9.10. The second-order valence-corrected chi connectivity index (χ2v) is 11.3. The van der Waals surface area contributed by atoms with E-state index in [0.717, 1.165) is 34.4 Å². The number of benzene rings is 3. The molecule has 0 saturated carbocycles. The number of imide groups is 1. The fraction of sp³-hybridized carbons (Fsp3) is 0.259. The number of ether oxygens (including phenoxy) is 1. The average Bonchev–Trinajstić information content (AvgIpc) is 3.12. The molecule has 1 heterocycles. The highest BCUT2D eigenvalue weighted by Gasteiger charge is 2.72. The Kier molecular flexibility index (Phi) is 4.66. The van der Waals surface area contributed by atoms with Crippen molar-refractivity contribution in [3.8, 4) is 5.75 Å². The molecule has 33 heavy (non-hydrogen) atoms. The Hall–Kier alpha value is -2.44. The second kappa shape index (κ2) is 7.28. The summed E-state index contributed by atoms with van der Waals surface area (Å²) in [7, 11) is 0. The highest BCUT2D eigenvalue weighted by atomic mass is 79.9. The fourth-order valence-electron chi connectivity index (χ4n) is 5.83. The molecule has 6 heteroatoms. The molecule has 0 unspecified atom stereocenters. The van der Waals surface area contributed by atoms with Crippen LogP contribution in [0.3, 0.4) is 0 Å². The molecular formula is C27H21Br2NO3. The molecule has 0 radical (unpaired) electrons. The number of alkyl halides is 2. The van der Waals surface area contributed by atoms with E-state index in [1.165, 1.54) is 4.90 Å². The topological polar surface area (TPSA) is 46.6 Å². The number of carbonyl (C=O) groups excluding carboxylic acids is 2. The van der Waals surface area contributed by atoms with Crippen LogP contribution in [0.4, 0.5) is 5.69 Å². The number of hydrogen-bond donors (Lipinski definition) is 0. The van der Waals surface area contributed by atoms with E-state index in [1.54, 1.807) is 12.1 Å². The van der Waals surface area contributed by atoms with E-state index in [4.69, 9.17) is 4.74 Å². The van der Waals surface area contributed by atoms with E-state index < -0.39 is 20.5 Å². The molecule has 4 nitrogen and oxygen atoms in total. The first kappa shape index (κ1) is 21.1. The lowest BCUT2D eigenvalue weighted by Gasteiger charge is -2.55. The summed E-state index contributed by atoms with van der Waals surface area (Å²) in [6.45, 7) is 2.67. The number of amides is 2. The molecule has 4 aliphatic rings. The Balaban J connectivity index is 1.52. The van der Waals surface area contributed by atoms with Crippen LogP contribution in [0.1, 0.15) is 35.6 Å². The number of halogens is 2. The number of hydrogen-bond acceptors (Lipinski definition) is 3. The van der Waals surface area contributed by atoms with E-state index in [0.29, 0.717) is 12.3 Å². The number of nitrogens with zero attached hydrogens (tertiary/aromatic N) is 1. The van der Waals surface area contributed by atoms with E-state index in [9.17, 15) is 9.59 Å². The van der Waals surface area contributed by atoms with Crippen molar-refractivity contribution in [3.63, 3.8) is 0 Å². The first-order valence-electron chi connectivity index (χ1n) is 11.1. The van der Waals surface area contributed by atoms with Crippen LogP contribution in [0.5, 0.6) is 5.75 Å². The Morgan fingerprint density at radius 2 is 1.18 bits per heavy atom. The van der Waals surface area contributed by atoms with Crippen LogP contribution in [0.15, 0.2) is 72.8 Å². The van der Waals surface area contributed by atoms with Crippen LogP contribution >= 0.6 is 31.9 Å². The monoisotopic (exact) mass is 565 g/mol. The van der Waals surface area contributed by atoms with Gasteiger partial charge in [-0.3, -0.25) is 9.59 Å². The van der Waals surface area contributed by atoms with Gasteiger partial charge in [0, 0.05) is 0 Å². The summed E-state index contributed by atoms with van der Waals surface area (Å²) in [6.07, 6.45) is 0.913. The third-order valence-electron chi connectivity index (χ3n) is 7.15. The second-order valence-electron chi connectivity index (χ2n) is 8.82. The van der Waals surface area contributed by atoms with Crippen LogP contribution in [0.25, 0.3) is 0 Å². The predicted octanol–water partition coefficient (Wildman–Crippen LogP) is 5.89. The average molecular weight is 567 g/mol. The summed E-state index contributed by atoms with van der Waals surface area (Å²) in [4.78, 5) is 29.3. The van der Waals surface area contributed by atoms with Crippen molar-refractivity contribution in [2.45, 2.75) is 22.0 Å². The largest absolute Gasteiger partial charge is 0.494 e. The minimum Gasteiger partial charge on any atom is -0.494 e. The molecule has 3 aromatic rings. The molecule has 2 atom stereocenters. The summed E-state index contributed by atoms with van der Waals surface area (Å²) < 4.78 is 4.13. The summed E-state index contributed by atoms with van der Waals surface area (Å²) in [5, 5.41) is 0. The maximum Gasteiger partial charge on any atom is 0.239 e. The lowest BCUT2D eigenvalue weighted by atomic mass is 9.54. The molecule has 3 aromatic carbocycles. The zero-order valence-electron chi connectivity index (χ0n) is 17.9. The first-order chi connectivity index (χ1) is 15.9. The third-order valence-corrected chi connectivity index (χ3v) is 9.85. The quantitative estimate of drug-likeness (QED) is 0.292. The normalized spacial score (nSPS) is 29.0. The van der Waals surface area contributed by atoms with Gasteiger partial charge in [0.25, 0.3) is 0 Å². The van der Waals surface area contributed by atoms with Crippen molar-refractivity contribution in [1.82, 2.24) is 0 Å². The lowest BCUT2D eigenvalue weighted by Crippen LogP contribution is -2.56. The van der Waals surface area contributed by atoms with E-state index in [-0.39, 0.29) is 11.8 Å². The smallest absolute Gasteiger partial charge is 0.239 e. The molecule has 2 bridgehead atoms. The molecule has 166 valence electrons. The molecule has 7 rings (SSSR count). The molecule has 1 fully saturated rings. The molecule has 0 spiro atoms. The SMILES string of the molecule is CCCOc1ccc(N2C(=O)[C@@H]3[C@H](C2=O)C2(Br)c4ccccc4C3(Br)c3ccccc32)cc1. The maximum atomic E-state index is 14.0. The zero-order valence-corrected chi connectivity index (χ0v) is 21.1. The summed E-state index contributed by atoms with van der Waals surface area (Å²) in [6, 6.07) is 23.4. The standard InChI is InChI=1S/C27H21Br2NO3/c1-2-15-33-17-13-11-16(12-14-17)30-24(31)22-23(25(30)32)27(29)19-8-4-3-7-18(19)26(22,28)20-9-5-6-10-21(20)27/h3-14,22-23H,2,15H2,1H3/t22-,23+,26?,27?. The van der Waals surface area contributed by atoms with Crippen molar-refractivity contribution >= 4 is 49.4 Å². The Labute approximate surface area is 209 Å². The molecule has 3 aliphatic carbocycles. The number of rotatable bonds is 4. The van der Waals surface area contributed by atoms with Crippen molar-refractivity contribution in [2.75, 3.05) is 11.5 Å². The number of carbonyl (C=O) groups is 2. The Bertz CT molecular complexity index is 1180. The van der Waals surface area contributed by atoms with E-state index in [1.807, 2.05) is 43.3 Å². The lowest BCUT2D eigenvalue weighted by molar-refractivity contribution is -0.122. The van der Waals surface area contributed by atoms with Crippen LogP contribution < -0.4 is 9.64 Å². The van der Waals surface area contributed by atoms with Crippen LogP contribution in [0, 0.1) is 11.8 Å². The molecule has 1 saturated heterocycles. The third kappa shape index (κ3) is 2.56. The van der Waals surface area contributed by atoms with Gasteiger partial charge in [-0.15, -0.1) is 0 Å². The maximum absolute atomic E-state index is 14.0. The van der Waals surface area contributed by atoms with Crippen LogP contribution in [-0.4, -0.2) is 18.4 Å². The van der Waals surface area contributed by atoms with Gasteiger partial charge in [0.1, 0.15) is 5.75 Å². The van der Waals surface area contributed by atoms with Crippen molar-refractivity contribution in [2.24, 2.45) is 11.8 Å². The van der Waals surface area contributed by atoms with Crippen LogP contribution in [-0.2, 0) is 18.2 Å². The Morgan fingerprint density at radius 1 is 0.758 bits per heavy atom. The molecule has 0 aromatic heterocycles. The predicted molar refractivity (Wildman–Crippen MR) is 134 cm³/mol. The van der Waals surface area contributed by atoms with Crippen molar-refractivity contribution in [1.29, 1.82) is 0 Å². The Morgan fingerprint density at radius 3 is 1.58 bits per heavy atom. The molecule has 0 N–H and O–H groups in total. The zero-order chi connectivity index (χ0) is 23.0. The summed E-state index contributed by atoms with van der Waals surface area (Å²) in [5.74, 6) is -0.768. The first-order valence-corrected chi connectivity index (χ1v) is 12.7. The van der Waals surface area contributed by atoms with Gasteiger partial charge in [-0.25, -0.2) is 4.90 Å². The summed E-state index contributed by atoms with van der Waals surface area (Å²) in [5.41, 5.74) is 4.71. The van der Waals surface area contributed by atoms with Gasteiger partial charge in [-0.1, -0.05) is 87.3 Å². The highest BCUT2D eigenvalue weighted by Crippen LogP contribution is 2.70. The van der Waals surface area contributed by atoms with Gasteiger partial charge in [0.2, 0.25) is 11.8 Å². The summed E-state index contributed by atoms with van der Waals surface area (Å²) >= 11 is 8.06. The van der Waals surface area contributed by atoms with Gasteiger partial charge in [0.15, 0.2) is 0 Å². The van der Waals surface area contributed by atoms with Crippen molar-refractivity contribution < 1.29 is 14.3 Å². The molecule has 1 aliphatic heterocycles. The minimum absolute atomic E-state index is 0.183. The van der Waals surface area contributed by atoms with E-state index in [2.05, 4.69) is 56.1 Å². The fourth-order valence-corrected chi connectivity index (χ4v) is 8.14. The van der Waals surface area contributed by atoms with Gasteiger partial charge in [-0.05, 0) is 52.9 Å².